The molecule has 64 valence electrons. The Kier molecular flexibility index (Phi) is 4.30. The largest absolute Gasteiger partial charge is 0.464 e. The van der Waals surface area contributed by atoms with E-state index in [9.17, 15) is 4.79 Å². The fraction of sp³-hybridized carbons (Fsp3) is 0.857. The van der Waals surface area contributed by atoms with Crippen molar-refractivity contribution in [2.45, 2.75) is 18.1 Å². The van der Waals surface area contributed by atoms with Crippen molar-refractivity contribution in [3.05, 3.63) is 0 Å². The van der Waals surface area contributed by atoms with Crippen LogP contribution in [0, 0.1) is 0 Å². The molecule has 0 saturated carbocycles. The van der Waals surface area contributed by atoms with Crippen molar-refractivity contribution in [1.29, 1.82) is 0 Å². The van der Waals surface area contributed by atoms with E-state index in [1.165, 1.54) is 0 Å². The zero-order chi connectivity index (χ0) is 8.10. The predicted octanol–water partition coefficient (Wildman–Crippen LogP) is 1.82. The van der Waals surface area contributed by atoms with Crippen LogP contribution in [0.25, 0.3) is 0 Å². The topological polar surface area (TPSA) is 26.3 Å². The molecule has 1 saturated heterocycles. The van der Waals surface area contributed by atoms with E-state index < -0.39 is 0 Å². The normalized spacial score (nSPS) is 23.5. The van der Waals surface area contributed by atoms with Gasteiger partial charge in [0, 0.05) is 5.33 Å². The molecule has 0 N–H and O–H groups in total. The molecular formula is C7H11BrO2S. The lowest BCUT2D eigenvalue weighted by Crippen LogP contribution is -2.18. The van der Waals surface area contributed by atoms with Gasteiger partial charge in [-0.05, 0) is 18.6 Å². The summed E-state index contributed by atoms with van der Waals surface area (Å²) in [4.78, 5) is 11.1. The van der Waals surface area contributed by atoms with Gasteiger partial charge in [0.2, 0.25) is 0 Å². The molecule has 4 heteroatoms. The lowest BCUT2D eigenvalue weighted by atomic mass is 10.2. The van der Waals surface area contributed by atoms with Gasteiger partial charge >= 0.3 is 5.97 Å². The summed E-state index contributed by atoms with van der Waals surface area (Å²) >= 11 is 4.91. The van der Waals surface area contributed by atoms with Crippen LogP contribution in [-0.4, -0.2) is 28.9 Å². The highest BCUT2D eigenvalue weighted by molar-refractivity contribution is 9.09. The molecular weight excluding hydrogens is 228 g/mol. The molecule has 0 aromatic carbocycles. The summed E-state index contributed by atoms with van der Waals surface area (Å²) in [7, 11) is 0. The van der Waals surface area contributed by atoms with Gasteiger partial charge in [0.1, 0.15) is 11.9 Å². The summed E-state index contributed by atoms with van der Waals surface area (Å²) in [6, 6.07) is 0. The van der Waals surface area contributed by atoms with Crippen molar-refractivity contribution in [3.8, 4) is 0 Å². The summed E-state index contributed by atoms with van der Waals surface area (Å²) in [5, 5.41) is 0.852. The number of hydrogen-bond acceptors (Lipinski definition) is 3. The molecule has 1 unspecified atom stereocenters. The molecule has 0 aliphatic carbocycles. The maximum Gasteiger partial charge on any atom is 0.319 e. The number of thioether (sulfide) groups is 1. The minimum absolute atomic E-state index is 0.0352. The van der Waals surface area contributed by atoms with Crippen LogP contribution < -0.4 is 0 Å². The summed E-state index contributed by atoms with van der Waals surface area (Å²) in [6.07, 6.45) is 2.14. The second kappa shape index (κ2) is 5.04. The average Bonchev–Trinajstić information content (AvgIpc) is 2.52. The molecule has 1 aliphatic rings. The Balaban J connectivity index is 2.17. The Morgan fingerprint density at radius 3 is 3.09 bits per heavy atom. The molecule has 11 heavy (non-hydrogen) atoms. The molecule has 0 aromatic rings. The van der Waals surface area contributed by atoms with Crippen LogP contribution in [0.15, 0.2) is 0 Å². The average molecular weight is 239 g/mol. The van der Waals surface area contributed by atoms with Gasteiger partial charge in [-0.1, -0.05) is 15.9 Å². The smallest absolute Gasteiger partial charge is 0.319 e. The van der Waals surface area contributed by atoms with Crippen molar-refractivity contribution in [1.82, 2.24) is 0 Å². The van der Waals surface area contributed by atoms with Crippen molar-refractivity contribution in [2.24, 2.45) is 0 Å². The van der Waals surface area contributed by atoms with Gasteiger partial charge in [-0.3, -0.25) is 4.79 Å². The Morgan fingerprint density at radius 2 is 2.55 bits per heavy atom. The third kappa shape index (κ3) is 3.03. The third-order valence-corrected chi connectivity index (χ3v) is 3.19. The van der Waals surface area contributed by atoms with Crippen molar-refractivity contribution in [3.63, 3.8) is 0 Å². The summed E-state index contributed by atoms with van der Waals surface area (Å²) in [5.41, 5.74) is 0. The molecule has 1 aliphatic heterocycles. The van der Waals surface area contributed by atoms with E-state index in [0.29, 0.717) is 6.61 Å². The zero-order valence-corrected chi connectivity index (χ0v) is 8.62. The Morgan fingerprint density at radius 1 is 1.73 bits per heavy atom. The van der Waals surface area contributed by atoms with Crippen molar-refractivity contribution >= 4 is 33.7 Å². The van der Waals surface area contributed by atoms with E-state index in [2.05, 4.69) is 15.9 Å². The molecule has 0 radical (unpaired) electrons. The number of carbonyl (C=O) groups excluding carboxylic acids is 1. The summed E-state index contributed by atoms with van der Waals surface area (Å²) < 4.78 is 4.97. The quantitative estimate of drug-likeness (QED) is 0.555. The number of carbonyl (C=O) groups is 1. The third-order valence-electron chi connectivity index (χ3n) is 1.51. The van der Waals surface area contributed by atoms with Gasteiger partial charge in [0.25, 0.3) is 0 Å². The Bertz CT molecular complexity index is 134. The molecule has 0 aromatic heterocycles. The first-order valence-corrected chi connectivity index (χ1v) is 5.86. The molecule has 2 nitrogen and oxygen atoms in total. The highest BCUT2D eigenvalue weighted by Gasteiger charge is 2.24. The van der Waals surface area contributed by atoms with Gasteiger partial charge in [-0.25, -0.2) is 0 Å². The Labute approximate surface area is 79.2 Å². The highest BCUT2D eigenvalue weighted by Crippen LogP contribution is 2.26. The Hall–Kier alpha value is 0.300. The SMILES string of the molecule is O=C(OCCBr)C1CCCS1. The fourth-order valence-electron chi connectivity index (χ4n) is 0.996. The number of alkyl halides is 1. The lowest BCUT2D eigenvalue weighted by molar-refractivity contribution is -0.142. The first kappa shape index (κ1) is 9.39. The van der Waals surface area contributed by atoms with Gasteiger partial charge in [-0.15, -0.1) is 11.8 Å². The van der Waals surface area contributed by atoms with Crippen LogP contribution in [0.1, 0.15) is 12.8 Å². The van der Waals surface area contributed by atoms with Crippen molar-refractivity contribution in [2.75, 3.05) is 17.7 Å². The molecule has 1 fully saturated rings. The maximum atomic E-state index is 11.1. The lowest BCUT2D eigenvalue weighted by Gasteiger charge is -2.06. The van der Waals surface area contributed by atoms with E-state index in [1.54, 1.807) is 11.8 Å². The van der Waals surface area contributed by atoms with Crippen LogP contribution in [0.4, 0.5) is 0 Å². The zero-order valence-electron chi connectivity index (χ0n) is 6.22. The standard InChI is InChI=1S/C7H11BrO2S/c8-3-4-10-7(9)6-2-1-5-11-6/h6H,1-5H2. The monoisotopic (exact) mass is 238 g/mol. The van der Waals surface area contributed by atoms with Crippen molar-refractivity contribution < 1.29 is 9.53 Å². The fourth-order valence-corrected chi connectivity index (χ4v) is 2.31. The van der Waals surface area contributed by atoms with E-state index in [4.69, 9.17) is 4.74 Å². The van der Waals surface area contributed by atoms with Crippen LogP contribution in [0.2, 0.25) is 0 Å². The molecule has 0 spiro atoms. The van der Waals surface area contributed by atoms with E-state index in [0.717, 1.165) is 23.9 Å². The van der Waals surface area contributed by atoms with Gasteiger partial charge in [0.15, 0.2) is 0 Å². The van der Waals surface area contributed by atoms with Crippen LogP contribution >= 0.6 is 27.7 Å². The van der Waals surface area contributed by atoms with E-state index in [-0.39, 0.29) is 11.2 Å². The van der Waals surface area contributed by atoms with Gasteiger partial charge < -0.3 is 4.74 Å². The second-order valence-electron chi connectivity index (χ2n) is 2.36. The highest BCUT2D eigenvalue weighted by atomic mass is 79.9. The molecule has 1 rings (SSSR count). The number of ether oxygens (including phenoxy) is 1. The minimum atomic E-state index is -0.0352. The van der Waals surface area contributed by atoms with Crippen LogP contribution in [0.3, 0.4) is 0 Å². The molecule has 1 atom stereocenters. The van der Waals surface area contributed by atoms with Gasteiger partial charge in [-0.2, -0.15) is 0 Å². The summed E-state index contributed by atoms with van der Waals surface area (Å²) in [5.74, 6) is 1.07. The number of esters is 1. The first-order valence-electron chi connectivity index (χ1n) is 3.69. The van der Waals surface area contributed by atoms with E-state index >= 15 is 0 Å². The second-order valence-corrected chi connectivity index (χ2v) is 4.46. The molecule has 1 heterocycles. The maximum absolute atomic E-state index is 11.1. The van der Waals surface area contributed by atoms with Crippen LogP contribution in [0.5, 0.6) is 0 Å². The van der Waals surface area contributed by atoms with E-state index in [1.807, 2.05) is 0 Å². The summed E-state index contributed by atoms with van der Waals surface area (Å²) in [6.45, 7) is 0.496. The predicted molar refractivity (Wildman–Crippen MR) is 50.2 cm³/mol. The van der Waals surface area contributed by atoms with Crippen LogP contribution in [-0.2, 0) is 9.53 Å². The number of rotatable bonds is 3. The minimum Gasteiger partial charge on any atom is -0.464 e. The first-order chi connectivity index (χ1) is 5.34. The molecule has 0 bridgehead atoms. The number of hydrogen-bond donors (Lipinski definition) is 0. The number of halogens is 1. The van der Waals surface area contributed by atoms with Gasteiger partial charge in [0.05, 0.1) is 0 Å². The molecule has 0 amide bonds.